The number of hydrogen-bond donors (Lipinski definition) is 2. The number of alkyl halides is 3. The van der Waals surface area contributed by atoms with E-state index >= 15 is 0 Å². The lowest BCUT2D eigenvalue weighted by molar-refractivity contribution is -0.138. The van der Waals surface area contributed by atoms with Crippen LogP contribution in [0.15, 0.2) is 18.2 Å². The van der Waals surface area contributed by atoms with Gasteiger partial charge in [-0.15, -0.1) is 0 Å². The molecule has 0 bridgehead atoms. The highest BCUT2D eigenvalue weighted by atomic mass is 19.4. The van der Waals surface area contributed by atoms with Crippen LogP contribution in [0.4, 0.5) is 18.9 Å². The van der Waals surface area contributed by atoms with Crippen molar-refractivity contribution in [1.29, 1.82) is 0 Å². The predicted molar refractivity (Wildman–Crippen MR) is 61.0 cm³/mol. The molecule has 2 N–H and O–H groups in total. The van der Waals surface area contributed by atoms with Gasteiger partial charge in [-0.3, -0.25) is 0 Å². The molecule has 1 rings (SSSR count). The van der Waals surface area contributed by atoms with Crippen LogP contribution in [0.5, 0.6) is 0 Å². The molecule has 0 atom stereocenters. The maximum Gasteiger partial charge on any atom is 0.416 e. The number of benzene rings is 1. The van der Waals surface area contributed by atoms with E-state index in [2.05, 4.69) is 5.32 Å². The molecule has 1 aromatic carbocycles. The third-order valence-corrected chi connectivity index (χ3v) is 2.27. The van der Waals surface area contributed by atoms with E-state index < -0.39 is 17.3 Å². The Bertz CT molecular complexity index is 394. The lowest BCUT2D eigenvalue weighted by Gasteiger charge is -2.19. The van der Waals surface area contributed by atoms with Crippen LogP contribution in [0.3, 0.4) is 0 Å². The van der Waals surface area contributed by atoms with Crippen molar-refractivity contribution < 1.29 is 18.3 Å². The fourth-order valence-corrected chi connectivity index (χ4v) is 1.36. The second-order valence-electron chi connectivity index (χ2n) is 4.69. The number of aliphatic hydroxyl groups is 1. The Kier molecular flexibility index (Phi) is 3.71. The molecule has 0 saturated heterocycles. The van der Waals surface area contributed by atoms with Crippen LogP contribution in [0.1, 0.15) is 25.0 Å². The summed E-state index contributed by atoms with van der Waals surface area (Å²) in [6.45, 7) is 4.77. The number of nitrogens with one attached hydrogen (secondary N) is 1. The van der Waals surface area contributed by atoms with Gasteiger partial charge in [-0.25, -0.2) is 0 Å². The summed E-state index contributed by atoms with van der Waals surface area (Å²) in [6.07, 6.45) is -4.35. The molecule has 0 heterocycles. The summed E-state index contributed by atoms with van der Waals surface area (Å²) in [7, 11) is 0. The Balaban J connectivity index is 2.90. The third-order valence-electron chi connectivity index (χ3n) is 2.27. The molecule has 5 heteroatoms. The van der Waals surface area contributed by atoms with Crippen molar-refractivity contribution >= 4 is 5.69 Å². The topological polar surface area (TPSA) is 32.3 Å². The first-order valence-corrected chi connectivity index (χ1v) is 5.24. The van der Waals surface area contributed by atoms with E-state index in [-0.39, 0.29) is 12.1 Å². The molecule has 0 aromatic heterocycles. The second-order valence-corrected chi connectivity index (χ2v) is 4.69. The molecule has 0 radical (unpaired) electrons. The highest BCUT2D eigenvalue weighted by Crippen LogP contribution is 2.33. The van der Waals surface area contributed by atoms with Crippen molar-refractivity contribution in [3.8, 4) is 0 Å². The van der Waals surface area contributed by atoms with Gasteiger partial charge in [-0.2, -0.15) is 13.2 Å². The first-order chi connectivity index (χ1) is 7.59. The Morgan fingerprint density at radius 3 is 2.29 bits per heavy atom. The van der Waals surface area contributed by atoms with Crippen molar-refractivity contribution in [3.05, 3.63) is 29.3 Å². The summed E-state index contributed by atoms with van der Waals surface area (Å²) < 4.78 is 37.9. The highest BCUT2D eigenvalue weighted by Gasteiger charge is 2.32. The number of anilines is 1. The number of halogens is 3. The monoisotopic (exact) mass is 247 g/mol. The summed E-state index contributed by atoms with van der Waals surface area (Å²) >= 11 is 0. The van der Waals surface area contributed by atoms with Gasteiger partial charge >= 0.3 is 6.18 Å². The Labute approximate surface area is 98.5 Å². The normalized spacial score (nSPS) is 12.6. The van der Waals surface area contributed by atoms with Crippen LogP contribution in [0.2, 0.25) is 0 Å². The van der Waals surface area contributed by atoms with E-state index in [4.69, 9.17) is 0 Å². The lowest BCUT2D eigenvalue weighted by atomic mass is 10.1. The molecule has 0 fully saturated rings. The Morgan fingerprint density at radius 1 is 1.24 bits per heavy atom. The molecule has 0 aliphatic heterocycles. The minimum absolute atomic E-state index is 0.186. The molecule has 0 aliphatic carbocycles. The maximum absolute atomic E-state index is 12.6. The van der Waals surface area contributed by atoms with E-state index in [1.165, 1.54) is 13.0 Å². The zero-order valence-electron chi connectivity index (χ0n) is 10.0. The first-order valence-electron chi connectivity index (χ1n) is 5.24. The smallest absolute Gasteiger partial charge is 0.389 e. The summed E-state index contributed by atoms with van der Waals surface area (Å²) in [5.74, 6) is 0. The van der Waals surface area contributed by atoms with Gasteiger partial charge < -0.3 is 10.4 Å². The molecule has 0 aliphatic rings. The number of hydrogen-bond acceptors (Lipinski definition) is 2. The molecule has 2 nitrogen and oxygen atoms in total. The Hall–Kier alpha value is -1.23. The Morgan fingerprint density at radius 2 is 1.82 bits per heavy atom. The van der Waals surface area contributed by atoms with Gasteiger partial charge in [-0.1, -0.05) is 6.07 Å². The minimum atomic E-state index is -4.35. The summed E-state index contributed by atoms with van der Waals surface area (Å²) in [5.41, 5.74) is -1.09. The van der Waals surface area contributed by atoms with Crippen molar-refractivity contribution in [2.75, 3.05) is 11.9 Å². The largest absolute Gasteiger partial charge is 0.416 e. The molecule has 0 unspecified atom stereocenters. The standard InChI is InChI=1S/C12H16F3NO/c1-8-4-5-9(16-7-11(2,3)17)6-10(8)12(13,14)15/h4-6,16-17H,7H2,1-3H3. The minimum Gasteiger partial charge on any atom is -0.389 e. The summed E-state index contributed by atoms with van der Waals surface area (Å²) in [6, 6.07) is 4.03. The van der Waals surface area contributed by atoms with Crippen molar-refractivity contribution in [3.63, 3.8) is 0 Å². The predicted octanol–water partition coefficient (Wildman–Crippen LogP) is 3.20. The molecule has 96 valence electrons. The highest BCUT2D eigenvalue weighted by molar-refractivity contribution is 5.49. The van der Waals surface area contributed by atoms with Crippen molar-refractivity contribution in [2.24, 2.45) is 0 Å². The van der Waals surface area contributed by atoms with Crippen molar-refractivity contribution in [2.45, 2.75) is 32.5 Å². The van der Waals surface area contributed by atoms with Crippen LogP contribution in [-0.2, 0) is 6.18 Å². The molecule has 17 heavy (non-hydrogen) atoms. The zero-order valence-corrected chi connectivity index (χ0v) is 10.0. The number of rotatable bonds is 3. The van der Waals surface area contributed by atoms with Crippen LogP contribution in [0, 0.1) is 6.92 Å². The molecule has 0 saturated carbocycles. The van der Waals surface area contributed by atoms with Crippen LogP contribution < -0.4 is 5.32 Å². The van der Waals surface area contributed by atoms with E-state index in [9.17, 15) is 18.3 Å². The van der Waals surface area contributed by atoms with E-state index in [0.717, 1.165) is 6.07 Å². The van der Waals surface area contributed by atoms with Crippen LogP contribution >= 0.6 is 0 Å². The van der Waals surface area contributed by atoms with Gasteiger partial charge in [0.1, 0.15) is 0 Å². The van der Waals surface area contributed by atoms with Gasteiger partial charge in [0.15, 0.2) is 0 Å². The van der Waals surface area contributed by atoms with Gasteiger partial charge in [-0.05, 0) is 38.5 Å². The SMILES string of the molecule is Cc1ccc(NCC(C)(C)O)cc1C(F)(F)F. The first kappa shape index (κ1) is 13.8. The average molecular weight is 247 g/mol. The maximum atomic E-state index is 12.6. The quantitative estimate of drug-likeness (QED) is 0.859. The fourth-order valence-electron chi connectivity index (χ4n) is 1.36. The molecule has 0 amide bonds. The van der Waals surface area contributed by atoms with Crippen LogP contribution in [-0.4, -0.2) is 17.3 Å². The van der Waals surface area contributed by atoms with E-state index in [1.54, 1.807) is 19.9 Å². The molecule has 1 aromatic rings. The second kappa shape index (κ2) is 4.56. The molecular formula is C12H16F3NO. The van der Waals surface area contributed by atoms with Gasteiger partial charge in [0.2, 0.25) is 0 Å². The van der Waals surface area contributed by atoms with E-state index in [0.29, 0.717) is 5.69 Å². The fraction of sp³-hybridized carbons (Fsp3) is 0.500. The molecule has 0 spiro atoms. The summed E-state index contributed by atoms with van der Waals surface area (Å²) in [5, 5.41) is 12.3. The third kappa shape index (κ3) is 4.26. The van der Waals surface area contributed by atoms with Gasteiger partial charge in [0.25, 0.3) is 0 Å². The number of aryl methyl sites for hydroxylation is 1. The summed E-state index contributed by atoms with van der Waals surface area (Å²) in [4.78, 5) is 0. The van der Waals surface area contributed by atoms with Gasteiger partial charge in [0.05, 0.1) is 11.2 Å². The lowest BCUT2D eigenvalue weighted by Crippen LogP contribution is -2.29. The molecular weight excluding hydrogens is 231 g/mol. The van der Waals surface area contributed by atoms with E-state index in [1.807, 2.05) is 0 Å². The zero-order chi connectivity index (χ0) is 13.3. The average Bonchev–Trinajstić information content (AvgIpc) is 2.13. The van der Waals surface area contributed by atoms with Crippen LogP contribution in [0.25, 0.3) is 0 Å². The van der Waals surface area contributed by atoms with Crippen molar-refractivity contribution in [1.82, 2.24) is 0 Å². The van der Waals surface area contributed by atoms with Gasteiger partial charge in [0, 0.05) is 12.2 Å².